The largest absolute Gasteiger partial charge is 0.389 e. The second-order valence-corrected chi connectivity index (χ2v) is 6.28. The Bertz CT molecular complexity index is 510. The van der Waals surface area contributed by atoms with E-state index in [1.165, 1.54) is 12.8 Å². The number of aliphatic hydroxyl groups is 1. The van der Waals surface area contributed by atoms with Gasteiger partial charge in [0, 0.05) is 29.7 Å². The van der Waals surface area contributed by atoms with Crippen molar-refractivity contribution in [2.45, 2.75) is 25.5 Å². The number of urea groups is 1. The van der Waals surface area contributed by atoms with Crippen LogP contribution in [0.1, 0.15) is 18.4 Å². The number of aliphatic hydroxyl groups excluding tert-OH is 1. The van der Waals surface area contributed by atoms with Gasteiger partial charge in [-0.2, -0.15) is 0 Å². The van der Waals surface area contributed by atoms with Crippen LogP contribution in [0.5, 0.6) is 0 Å². The Labute approximate surface area is 139 Å². The fraction of sp³-hybridized carbons (Fsp3) is 0.533. The van der Waals surface area contributed by atoms with Gasteiger partial charge in [0.1, 0.15) is 0 Å². The molecule has 1 unspecified atom stereocenters. The maximum Gasteiger partial charge on any atom is 0.315 e. The number of carbonyl (C=O) groups excluding carboxylic acids is 1. The zero-order valence-corrected chi connectivity index (χ0v) is 13.7. The van der Waals surface area contributed by atoms with Crippen molar-refractivity contribution >= 4 is 29.2 Å². The van der Waals surface area contributed by atoms with E-state index in [2.05, 4.69) is 10.6 Å². The summed E-state index contributed by atoms with van der Waals surface area (Å²) >= 11 is 11.8. The van der Waals surface area contributed by atoms with Crippen molar-refractivity contribution in [3.63, 3.8) is 0 Å². The summed E-state index contributed by atoms with van der Waals surface area (Å²) in [6, 6.07) is 4.72. The van der Waals surface area contributed by atoms with Gasteiger partial charge in [-0.05, 0) is 36.5 Å². The summed E-state index contributed by atoms with van der Waals surface area (Å²) in [6.07, 6.45) is 1.72. The molecule has 22 heavy (non-hydrogen) atoms. The maximum atomic E-state index is 11.6. The normalized spacial score (nSPS) is 15.4. The van der Waals surface area contributed by atoms with Crippen LogP contribution in [0.15, 0.2) is 18.2 Å². The summed E-state index contributed by atoms with van der Waals surface area (Å²) in [7, 11) is 0. The molecular formula is C15H20Cl2N2O3. The smallest absolute Gasteiger partial charge is 0.315 e. The Hall–Kier alpha value is -1.01. The highest BCUT2D eigenvalue weighted by molar-refractivity contribution is 6.35. The molecule has 122 valence electrons. The van der Waals surface area contributed by atoms with Crippen LogP contribution >= 0.6 is 23.2 Å². The van der Waals surface area contributed by atoms with Crippen molar-refractivity contribution in [1.29, 1.82) is 0 Å². The van der Waals surface area contributed by atoms with Crippen molar-refractivity contribution in [3.05, 3.63) is 33.8 Å². The van der Waals surface area contributed by atoms with Gasteiger partial charge >= 0.3 is 6.03 Å². The standard InChI is InChI=1S/C15H20Cl2N2O3/c16-12-4-3-11(14(17)5-12)6-18-15(21)19-7-13(20)9-22-8-10-1-2-10/h3-5,10,13,20H,1-2,6-9H2,(H2,18,19,21). The number of hydrogen-bond donors (Lipinski definition) is 3. The molecule has 1 aliphatic rings. The van der Waals surface area contributed by atoms with E-state index in [4.69, 9.17) is 27.9 Å². The van der Waals surface area contributed by atoms with Gasteiger partial charge in [-0.15, -0.1) is 0 Å². The van der Waals surface area contributed by atoms with Crippen molar-refractivity contribution in [3.8, 4) is 0 Å². The van der Waals surface area contributed by atoms with Gasteiger partial charge < -0.3 is 20.5 Å². The summed E-state index contributed by atoms with van der Waals surface area (Å²) in [4.78, 5) is 11.6. The minimum absolute atomic E-state index is 0.144. The third-order valence-corrected chi connectivity index (χ3v) is 3.90. The number of rotatable bonds is 8. The van der Waals surface area contributed by atoms with Crippen molar-refractivity contribution in [2.24, 2.45) is 5.92 Å². The summed E-state index contributed by atoms with van der Waals surface area (Å²) in [5.74, 6) is 0.660. The van der Waals surface area contributed by atoms with Crippen molar-refractivity contribution in [1.82, 2.24) is 10.6 Å². The van der Waals surface area contributed by atoms with Crippen LogP contribution in [0, 0.1) is 5.92 Å². The first-order chi connectivity index (χ1) is 10.5. The van der Waals surface area contributed by atoms with Crippen LogP contribution in [0.3, 0.4) is 0 Å². The maximum absolute atomic E-state index is 11.6. The zero-order valence-electron chi connectivity index (χ0n) is 12.1. The molecule has 1 saturated carbocycles. The number of nitrogens with one attached hydrogen (secondary N) is 2. The molecule has 0 spiro atoms. The summed E-state index contributed by atoms with van der Waals surface area (Å²) in [5.41, 5.74) is 0.773. The van der Waals surface area contributed by atoms with Crippen LogP contribution in [-0.4, -0.2) is 37.0 Å². The first-order valence-electron chi connectivity index (χ1n) is 7.26. The predicted molar refractivity (Wildman–Crippen MR) is 86.3 cm³/mol. The second-order valence-electron chi connectivity index (χ2n) is 5.43. The average Bonchev–Trinajstić information content (AvgIpc) is 3.28. The van der Waals surface area contributed by atoms with Gasteiger partial charge in [0.15, 0.2) is 0 Å². The Morgan fingerprint density at radius 1 is 1.36 bits per heavy atom. The van der Waals surface area contributed by atoms with Crippen LogP contribution in [0.2, 0.25) is 10.0 Å². The third-order valence-electron chi connectivity index (χ3n) is 3.31. The molecule has 0 saturated heterocycles. The molecule has 5 nitrogen and oxygen atoms in total. The molecule has 1 atom stereocenters. The van der Waals surface area contributed by atoms with Gasteiger partial charge in [0.05, 0.1) is 12.7 Å². The molecule has 0 aliphatic heterocycles. The number of ether oxygens (including phenoxy) is 1. The highest BCUT2D eigenvalue weighted by atomic mass is 35.5. The lowest BCUT2D eigenvalue weighted by atomic mass is 10.2. The minimum Gasteiger partial charge on any atom is -0.389 e. The number of benzene rings is 1. The molecule has 1 aliphatic carbocycles. The van der Waals surface area contributed by atoms with Crippen molar-refractivity contribution in [2.75, 3.05) is 19.8 Å². The fourth-order valence-corrected chi connectivity index (χ4v) is 2.30. The van der Waals surface area contributed by atoms with E-state index in [9.17, 15) is 9.90 Å². The van der Waals surface area contributed by atoms with E-state index in [1.54, 1.807) is 18.2 Å². The average molecular weight is 347 g/mol. The molecule has 1 aromatic carbocycles. The van der Waals surface area contributed by atoms with Crippen LogP contribution in [-0.2, 0) is 11.3 Å². The molecule has 2 rings (SSSR count). The molecule has 2 amide bonds. The molecule has 3 N–H and O–H groups in total. The molecular weight excluding hydrogens is 327 g/mol. The lowest BCUT2D eigenvalue weighted by Crippen LogP contribution is -2.40. The van der Waals surface area contributed by atoms with Gasteiger partial charge in [0.25, 0.3) is 0 Å². The Balaban J connectivity index is 1.60. The van der Waals surface area contributed by atoms with Gasteiger partial charge in [-0.25, -0.2) is 4.79 Å². The minimum atomic E-state index is -0.705. The molecule has 7 heteroatoms. The first-order valence-corrected chi connectivity index (χ1v) is 8.01. The Kier molecular flexibility index (Phi) is 6.76. The number of amides is 2. The van der Waals surface area contributed by atoms with Crippen molar-refractivity contribution < 1.29 is 14.6 Å². The number of hydrogen-bond acceptors (Lipinski definition) is 3. The Morgan fingerprint density at radius 3 is 2.82 bits per heavy atom. The monoisotopic (exact) mass is 346 g/mol. The van der Waals surface area contributed by atoms with E-state index >= 15 is 0 Å². The van der Waals surface area contributed by atoms with E-state index in [0.29, 0.717) is 22.6 Å². The molecule has 0 heterocycles. The van der Waals surface area contributed by atoms with Crippen LogP contribution in [0.25, 0.3) is 0 Å². The van der Waals surface area contributed by atoms with E-state index in [0.717, 1.165) is 5.56 Å². The van der Waals surface area contributed by atoms with E-state index < -0.39 is 6.10 Å². The topological polar surface area (TPSA) is 70.6 Å². The highest BCUT2D eigenvalue weighted by Gasteiger charge is 2.21. The highest BCUT2D eigenvalue weighted by Crippen LogP contribution is 2.28. The number of carbonyl (C=O) groups is 1. The quantitative estimate of drug-likeness (QED) is 0.677. The lowest BCUT2D eigenvalue weighted by Gasteiger charge is -2.13. The molecule has 0 bridgehead atoms. The first kappa shape index (κ1) is 17.3. The number of halogens is 2. The van der Waals surface area contributed by atoms with Crippen LogP contribution in [0.4, 0.5) is 4.79 Å². The summed E-state index contributed by atoms with van der Waals surface area (Å²) < 4.78 is 5.36. The van der Waals surface area contributed by atoms with Gasteiger partial charge in [-0.3, -0.25) is 0 Å². The molecule has 1 fully saturated rings. The Morgan fingerprint density at radius 2 is 2.14 bits per heavy atom. The summed E-state index contributed by atoms with van der Waals surface area (Å²) in [5, 5.41) is 16.0. The fourth-order valence-electron chi connectivity index (χ4n) is 1.83. The van der Waals surface area contributed by atoms with E-state index in [1.807, 2.05) is 0 Å². The van der Waals surface area contributed by atoms with E-state index in [-0.39, 0.29) is 25.7 Å². The zero-order chi connectivity index (χ0) is 15.9. The molecule has 0 aromatic heterocycles. The van der Waals surface area contributed by atoms with Gasteiger partial charge in [0.2, 0.25) is 0 Å². The lowest BCUT2D eigenvalue weighted by molar-refractivity contribution is 0.0337. The molecule has 1 aromatic rings. The SMILES string of the molecule is O=C(NCc1ccc(Cl)cc1Cl)NCC(O)COCC1CC1. The predicted octanol–water partition coefficient (Wildman–Crippen LogP) is 2.58. The third kappa shape index (κ3) is 6.40. The molecule has 0 radical (unpaired) electrons. The summed E-state index contributed by atoms with van der Waals surface area (Å²) in [6.45, 7) is 1.36. The van der Waals surface area contributed by atoms with Crippen LogP contribution < -0.4 is 10.6 Å². The van der Waals surface area contributed by atoms with Gasteiger partial charge in [-0.1, -0.05) is 29.3 Å². The second kappa shape index (κ2) is 8.58.